The summed E-state index contributed by atoms with van der Waals surface area (Å²) in [6.45, 7) is 0. The van der Waals surface area contributed by atoms with Crippen LogP contribution in [0, 0.1) is 10.1 Å². The molecule has 0 unspecified atom stereocenters. The van der Waals surface area contributed by atoms with Crippen LogP contribution in [0.5, 0.6) is 5.75 Å². The summed E-state index contributed by atoms with van der Waals surface area (Å²) in [5, 5.41) is 14.3. The summed E-state index contributed by atoms with van der Waals surface area (Å²) in [5.41, 5.74) is 1.91. The van der Waals surface area contributed by atoms with E-state index in [2.05, 4.69) is 5.32 Å². The van der Waals surface area contributed by atoms with Crippen molar-refractivity contribution in [1.82, 2.24) is 0 Å². The van der Waals surface area contributed by atoms with Crippen LogP contribution in [0.4, 0.5) is 11.4 Å². The van der Waals surface area contributed by atoms with E-state index >= 15 is 0 Å². The first kappa shape index (κ1) is 20.1. The number of nitro benzene ring substituents is 1. The molecule has 146 valence electrons. The zero-order chi connectivity index (χ0) is 20.8. The Morgan fingerprint density at radius 3 is 2.52 bits per heavy atom. The highest BCUT2D eigenvalue weighted by molar-refractivity contribution is 6.32. The molecule has 0 saturated carbocycles. The molecule has 0 atom stereocenters. The number of halogens is 1. The minimum atomic E-state index is -0.476. The number of anilines is 1. The number of carbonyl (C=O) groups is 1. The van der Waals surface area contributed by atoms with Crippen LogP contribution >= 0.6 is 11.6 Å². The van der Waals surface area contributed by atoms with Gasteiger partial charge in [-0.2, -0.15) is 0 Å². The van der Waals surface area contributed by atoms with E-state index in [1.165, 1.54) is 19.2 Å². The minimum Gasteiger partial charge on any atom is -0.495 e. The number of amides is 1. The predicted molar refractivity (Wildman–Crippen MR) is 114 cm³/mol. The fourth-order valence-electron chi connectivity index (χ4n) is 2.76. The van der Waals surface area contributed by atoms with Crippen molar-refractivity contribution < 1.29 is 14.5 Å². The van der Waals surface area contributed by atoms with E-state index in [1.807, 2.05) is 18.2 Å². The Morgan fingerprint density at radius 1 is 1.07 bits per heavy atom. The molecule has 29 heavy (non-hydrogen) atoms. The Kier molecular flexibility index (Phi) is 6.26. The Labute approximate surface area is 172 Å². The lowest BCUT2D eigenvalue weighted by Crippen LogP contribution is -2.14. The van der Waals surface area contributed by atoms with Crippen molar-refractivity contribution in [3.63, 3.8) is 0 Å². The molecule has 0 saturated heterocycles. The van der Waals surface area contributed by atoms with Crippen molar-refractivity contribution >= 4 is 40.5 Å². The summed E-state index contributed by atoms with van der Waals surface area (Å²) in [6.07, 6.45) is 1.61. The van der Waals surface area contributed by atoms with Crippen molar-refractivity contribution in [2.75, 3.05) is 12.4 Å². The number of nitro groups is 1. The first-order valence-corrected chi connectivity index (χ1v) is 9.02. The summed E-state index contributed by atoms with van der Waals surface area (Å²) >= 11 is 6.05. The zero-order valence-corrected chi connectivity index (χ0v) is 16.2. The van der Waals surface area contributed by atoms with Crippen LogP contribution in [0.2, 0.25) is 5.02 Å². The molecule has 0 fully saturated rings. The fourth-order valence-corrected chi connectivity index (χ4v) is 2.93. The van der Waals surface area contributed by atoms with E-state index in [4.69, 9.17) is 16.3 Å². The van der Waals surface area contributed by atoms with Crippen molar-refractivity contribution in [2.24, 2.45) is 0 Å². The molecule has 0 heterocycles. The summed E-state index contributed by atoms with van der Waals surface area (Å²) < 4.78 is 5.28. The van der Waals surface area contributed by atoms with Crippen molar-refractivity contribution in [3.05, 3.63) is 99.1 Å². The standard InChI is InChI=1S/C22H17ClN2O4/c1-29-21-11-10-17(23)14-20(21)24-22(26)19(16-7-3-2-4-8-16)13-15-6-5-9-18(12-15)25(27)28/h2-14H,1H3,(H,24,26)/b19-13+. The Balaban J connectivity index is 2.03. The second kappa shape index (κ2) is 9.03. The lowest BCUT2D eigenvalue weighted by Gasteiger charge is -2.13. The largest absolute Gasteiger partial charge is 0.495 e. The third-order valence-corrected chi connectivity index (χ3v) is 4.37. The van der Waals surface area contributed by atoms with E-state index in [1.54, 1.807) is 48.5 Å². The smallest absolute Gasteiger partial charge is 0.270 e. The van der Waals surface area contributed by atoms with Gasteiger partial charge in [0, 0.05) is 22.7 Å². The van der Waals surface area contributed by atoms with Crippen molar-refractivity contribution in [3.8, 4) is 5.75 Å². The lowest BCUT2D eigenvalue weighted by atomic mass is 10.0. The highest BCUT2D eigenvalue weighted by Crippen LogP contribution is 2.29. The third-order valence-electron chi connectivity index (χ3n) is 4.13. The van der Waals surface area contributed by atoms with Gasteiger partial charge in [0.15, 0.2) is 0 Å². The Hall–Kier alpha value is -3.64. The second-order valence-electron chi connectivity index (χ2n) is 6.07. The average molecular weight is 409 g/mol. The van der Waals surface area contributed by atoms with Crippen LogP contribution < -0.4 is 10.1 Å². The molecule has 3 rings (SSSR count). The van der Waals surface area contributed by atoms with Gasteiger partial charge in [0.25, 0.3) is 11.6 Å². The van der Waals surface area contributed by atoms with Gasteiger partial charge in [0.05, 0.1) is 17.7 Å². The van der Waals surface area contributed by atoms with Crippen molar-refractivity contribution in [2.45, 2.75) is 0 Å². The third kappa shape index (κ3) is 5.00. The van der Waals surface area contributed by atoms with Crippen LogP contribution in [-0.4, -0.2) is 17.9 Å². The molecule has 0 aliphatic carbocycles. The normalized spacial score (nSPS) is 11.0. The van der Waals surface area contributed by atoms with Crippen LogP contribution in [-0.2, 0) is 4.79 Å². The number of hydrogen-bond donors (Lipinski definition) is 1. The predicted octanol–water partition coefficient (Wildman–Crippen LogP) is 5.44. The first-order chi connectivity index (χ1) is 14.0. The zero-order valence-electron chi connectivity index (χ0n) is 15.5. The number of carbonyl (C=O) groups excluding carboxylic acids is 1. The number of methoxy groups -OCH3 is 1. The summed E-state index contributed by atoms with van der Waals surface area (Å²) in [5.74, 6) is 0.0637. The quantitative estimate of drug-likeness (QED) is 0.255. The fraction of sp³-hybridized carbons (Fsp3) is 0.0455. The number of nitrogens with zero attached hydrogens (tertiary/aromatic N) is 1. The number of hydrogen-bond acceptors (Lipinski definition) is 4. The second-order valence-corrected chi connectivity index (χ2v) is 6.51. The van der Waals surface area contributed by atoms with Gasteiger partial charge >= 0.3 is 0 Å². The topological polar surface area (TPSA) is 81.5 Å². The molecule has 6 nitrogen and oxygen atoms in total. The highest BCUT2D eigenvalue weighted by Gasteiger charge is 2.16. The summed E-state index contributed by atoms with van der Waals surface area (Å²) in [6, 6.07) is 20.0. The number of nitrogens with one attached hydrogen (secondary N) is 1. The molecule has 1 amide bonds. The molecule has 3 aromatic rings. The van der Waals surface area contributed by atoms with E-state index in [0.717, 1.165) is 0 Å². The molecule has 0 bridgehead atoms. The van der Waals surface area contributed by atoms with Gasteiger partial charge in [-0.3, -0.25) is 14.9 Å². The van der Waals surface area contributed by atoms with Crippen LogP contribution in [0.3, 0.4) is 0 Å². The summed E-state index contributed by atoms with van der Waals surface area (Å²) in [4.78, 5) is 23.7. The number of benzene rings is 3. The van der Waals surface area contributed by atoms with Gasteiger partial charge in [-0.1, -0.05) is 54.1 Å². The SMILES string of the molecule is COc1ccc(Cl)cc1NC(=O)/C(=C/c1cccc([N+](=O)[O-])c1)c1ccccc1. The number of ether oxygens (including phenoxy) is 1. The van der Waals surface area contributed by atoms with E-state index in [-0.39, 0.29) is 5.69 Å². The number of non-ortho nitro benzene ring substituents is 1. The molecule has 7 heteroatoms. The van der Waals surface area contributed by atoms with E-state index in [0.29, 0.717) is 33.2 Å². The molecule has 0 radical (unpaired) electrons. The maximum atomic E-state index is 13.1. The Morgan fingerprint density at radius 2 is 1.83 bits per heavy atom. The monoisotopic (exact) mass is 408 g/mol. The first-order valence-electron chi connectivity index (χ1n) is 8.64. The van der Waals surface area contributed by atoms with Gasteiger partial charge in [-0.15, -0.1) is 0 Å². The highest BCUT2D eigenvalue weighted by atomic mass is 35.5. The van der Waals surface area contributed by atoms with Crippen LogP contribution in [0.25, 0.3) is 11.6 Å². The van der Waals surface area contributed by atoms with Gasteiger partial charge < -0.3 is 10.1 Å². The van der Waals surface area contributed by atoms with Gasteiger partial charge in [-0.05, 0) is 35.4 Å². The molecule has 0 spiro atoms. The molecular formula is C22H17ClN2O4. The number of rotatable bonds is 6. The Bertz CT molecular complexity index is 1080. The lowest BCUT2D eigenvalue weighted by molar-refractivity contribution is -0.384. The van der Waals surface area contributed by atoms with Crippen molar-refractivity contribution in [1.29, 1.82) is 0 Å². The molecular weight excluding hydrogens is 392 g/mol. The average Bonchev–Trinajstić information content (AvgIpc) is 2.73. The van der Waals surface area contributed by atoms with Crippen LogP contribution in [0.1, 0.15) is 11.1 Å². The molecule has 0 aliphatic heterocycles. The van der Waals surface area contributed by atoms with E-state index in [9.17, 15) is 14.9 Å². The maximum Gasteiger partial charge on any atom is 0.270 e. The molecule has 3 aromatic carbocycles. The van der Waals surface area contributed by atoms with Gasteiger partial charge in [-0.25, -0.2) is 0 Å². The molecule has 1 N–H and O–H groups in total. The van der Waals surface area contributed by atoms with E-state index < -0.39 is 10.8 Å². The van der Waals surface area contributed by atoms with Gasteiger partial charge in [0.2, 0.25) is 0 Å². The maximum absolute atomic E-state index is 13.1. The van der Waals surface area contributed by atoms with Crippen LogP contribution in [0.15, 0.2) is 72.8 Å². The minimum absolute atomic E-state index is 0.0527. The molecule has 0 aliphatic rings. The molecule has 0 aromatic heterocycles. The summed E-state index contributed by atoms with van der Waals surface area (Å²) in [7, 11) is 1.50. The van der Waals surface area contributed by atoms with Gasteiger partial charge in [0.1, 0.15) is 5.75 Å².